The monoisotopic (exact) mass is 1280 g/mol. The maximum Gasteiger partial charge on any atom is 0.412 e. The molecule has 6 rings (SSSR count). The van der Waals surface area contributed by atoms with Gasteiger partial charge in [0.15, 0.2) is 10.8 Å². The van der Waals surface area contributed by atoms with Crippen LogP contribution < -0.4 is 52.6 Å². The lowest BCUT2D eigenvalue weighted by Gasteiger charge is -2.42. The number of aliphatic hydroxyl groups is 1. The van der Waals surface area contributed by atoms with E-state index in [0.717, 1.165) is 11.1 Å². The first kappa shape index (κ1) is 70.4. The number of amides is 9. The smallest absolute Gasteiger partial charge is 0.412 e. The van der Waals surface area contributed by atoms with Crippen LogP contribution in [0.1, 0.15) is 90.7 Å². The zero-order chi connectivity index (χ0) is 65.3. The molecule has 3 saturated heterocycles. The third kappa shape index (κ3) is 19.7. The van der Waals surface area contributed by atoms with Gasteiger partial charge in [-0.25, -0.2) is 19.2 Å². The molecule has 10 N–H and O–H groups in total. The molecule has 0 saturated carbocycles. The summed E-state index contributed by atoms with van der Waals surface area (Å²) in [6, 6.07) is 5.33. The molecule has 30 heteroatoms. The van der Waals surface area contributed by atoms with Crippen LogP contribution in [0.5, 0.6) is 5.75 Å². The standard InChI is InChI=1S/C59H81ClN10O18S/c1-32(2)50(67-55(89)63-21-23-84-25-24-83-22-19-48(74)88-70-45(71)17-18-46(70)72)53(76)66-39(13-11-20-62-54(61)77)52(75)65-38-16-15-37(27-34(38)4)64-56(78)86-44-30-47(73)69(7)40-28-36(29-41(81-8)49(40)60)26-33(3)12-10-14-43(82-9)59(80)31-42(85-57(79)68-59)35(5)51-58(44,6)87-51/h10,12,14-16,27-29,32,35,39,42-44,50-51,80H,11,13,17-26,30-31H2,1-9H3,(H,64,78)(H,65,75)(H,66,76)(H,68,79)(H3,61,62,77)(H2,63,67,89)/b14-10+,33-12+/t35-,39+,42+,43-,44+,50+,51+,58+,59+/m1/s1. The fourth-order valence-corrected chi connectivity index (χ4v) is 10.8. The van der Waals surface area contributed by atoms with Crippen LogP contribution in [-0.2, 0) is 68.4 Å². The molecule has 0 spiro atoms. The fraction of sp³-hybridized carbons (Fsp3) is 0.559. The van der Waals surface area contributed by atoms with Crippen molar-refractivity contribution in [1.29, 1.82) is 0 Å². The first-order chi connectivity index (χ1) is 42.2. The number of thiocarbonyl (C=S) groups is 1. The van der Waals surface area contributed by atoms with Crippen molar-refractivity contribution in [1.82, 2.24) is 31.6 Å². The predicted octanol–water partition coefficient (Wildman–Crippen LogP) is 4.07. The van der Waals surface area contributed by atoms with Gasteiger partial charge in [-0.15, -0.1) is 5.06 Å². The Bertz CT molecular complexity index is 3010. The SMILES string of the molecule is COc1cc2cc(c1Cl)N(C)C(=O)C[C@H](OC(=O)Nc1ccc(NC(=O)[C@H](CCCNC(N)=O)NC(=O)[C@@H](NC(=S)NCCOCCOCCC(=O)ON3C(=O)CCC3=O)C(C)C)c(C)c1)[C@]1(C)O[C@H]1[C@H](C)[C@@H]1C[C@@](O)(NC(=O)O1)[C@H](OC)/C=C/C=C(\C)C2. The third-order valence-electron chi connectivity index (χ3n) is 15.3. The highest BCUT2D eigenvalue weighted by molar-refractivity contribution is 7.80. The Hall–Kier alpha value is -7.67. The molecule has 4 bridgehead atoms. The number of carbonyl (C=O) groups is 9. The molecule has 2 aromatic rings. The summed E-state index contributed by atoms with van der Waals surface area (Å²) >= 11 is 12.3. The Kier molecular flexibility index (Phi) is 25.5. The zero-order valence-electron chi connectivity index (χ0n) is 51.3. The second kappa shape index (κ2) is 32.2. The van der Waals surface area contributed by atoms with Crippen molar-refractivity contribution in [2.75, 3.05) is 76.3 Å². The van der Waals surface area contributed by atoms with Crippen LogP contribution in [0, 0.1) is 18.8 Å². The number of fused-ring (bicyclic) bond motifs is 5. The summed E-state index contributed by atoms with van der Waals surface area (Å²) in [4.78, 5) is 122. The van der Waals surface area contributed by atoms with Crippen LogP contribution in [0.4, 0.5) is 31.4 Å². The van der Waals surface area contributed by atoms with Gasteiger partial charge in [-0.05, 0) is 99.6 Å². The maximum atomic E-state index is 14.5. The molecule has 4 aliphatic rings. The molecular weight excluding hydrogens is 1200 g/mol. The van der Waals surface area contributed by atoms with Crippen molar-refractivity contribution in [2.45, 2.75) is 141 Å². The average molecular weight is 1290 g/mol. The number of primary amides is 1. The number of epoxide rings is 1. The lowest BCUT2D eigenvalue weighted by molar-refractivity contribution is -0.198. The Balaban J connectivity index is 1.09. The summed E-state index contributed by atoms with van der Waals surface area (Å²) in [7, 11) is 4.40. The lowest BCUT2D eigenvalue weighted by Crippen LogP contribution is -2.63. The van der Waals surface area contributed by atoms with Gasteiger partial charge in [-0.2, -0.15) is 0 Å². The van der Waals surface area contributed by atoms with Crippen molar-refractivity contribution in [2.24, 2.45) is 17.6 Å². The van der Waals surface area contributed by atoms with Gasteiger partial charge in [0, 0.05) is 63.8 Å². The molecule has 4 heterocycles. The zero-order valence-corrected chi connectivity index (χ0v) is 52.9. The number of alkyl carbamates (subject to hydrolysis) is 1. The number of nitrogens with zero attached hydrogens (tertiary/aromatic N) is 2. The van der Waals surface area contributed by atoms with E-state index < -0.39 is 114 Å². The number of allylic oxidation sites excluding steroid dienone is 3. The van der Waals surface area contributed by atoms with E-state index in [1.54, 1.807) is 65.0 Å². The number of benzene rings is 2. The van der Waals surface area contributed by atoms with E-state index in [-0.39, 0.29) is 99.8 Å². The number of carbonyl (C=O) groups excluding carboxylic acids is 9. The molecule has 488 valence electrons. The highest BCUT2D eigenvalue weighted by atomic mass is 35.5. The number of halogens is 1. The van der Waals surface area contributed by atoms with E-state index >= 15 is 0 Å². The number of rotatable bonds is 24. The van der Waals surface area contributed by atoms with Gasteiger partial charge in [0.25, 0.3) is 11.8 Å². The number of nitrogens with one attached hydrogen (secondary N) is 7. The summed E-state index contributed by atoms with van der Waals surface area (Å²) < 4.78 is 40.4. The van der Waals surface area contributed by atoms with Crippen LogP contribution in [0.15, 0.2) is 54.1 Å². The third-order valence-corrected chi connectivity index (χ3v) is 16.0. The van der Waals surface area contributed by atoms with Gasteiger partial charge in [-0.3, -0.25) is 34.6 Å². The predicted molar refractivity (Wildman–Crippen MR) is 327 cm³/mol. The van der Waals surface area contributed by atoms with Crippen LogP contribution >= 0.6 is 23.8 Å². The van der Waals surface area contributed by atoms with Gasteiger partial charge < -0.3 is 80.3 Å². The summed E-state index contributed by atoms with van der Waals surface area (Å²) in [6.07, 6.45) is -0.656. The van der Waals surface area contributed by atoms with E-state index in [0.29, 0.717) is 34.2 Å². The van der Waals surface area contributed by atoms with E-state index in [4.69, 9.17) is 67.5 Å². The number of methoxy groups -OCH3 is 2. The number of urea groups is 1. The van der Waals surface area contributed by atoms with E-state index in [1.807, 2.05) is 13.0 Å². The highest BCUT2D eigenvalue weighted by Crippen LogP contribution is 2.49. The molecule has 2 aromatic carbocycles. The number of hydroxylamine groups is 2. The lowest BCUT2D eigenvalue weighted by atomic mass is 9.83. The largest absolute Gasteiger partial charge is 0.495 e. The van der Waals surface area contributed by atoms with Crippen molar-refractivity contribution < 1.29 is 86.3 Å². The minimum absolute atomic E-state index is 0.00894. The average Bonchev–Trinajstić information content (AvgIpc) is 1.61. The van der Waals surface area contributed by atoms with Crippen molar-refractivity contribution in [3.8, 4) is 5.75 Å². The summed E-state index contributed by atoms with van der Waals surface area (Å²) in [6.45, 7) is 11.4. The Morgan fingerprint density at radius 3 is 2.30 bits per heavy atom. The van der Waals surface area contributed by atoms with Gasteiger partial charge in [0.2, 0.25) is 17.7 Å². The number of nitrogens with two attached hydrogens (primary N) is 1. The quantitative estimate of drug-likeness (QED) is 0.0309. The molecule has 9 atom stereocenters. The summed E-state index contributed by atoms with van der Waals surface area (Å²) in [5.74, 6) is -4.22. The Labute approximate surface area is 526 Å². The molecule has 4 aliphatic heterocycles. The molecule has 89 heavy (non-hydrogen) atoms. The van der Waals surface area contributed by atoms with Crippen LogP contribution in [0.25, 0.3) is 0 Å². The van der Waals surface area contributed by atoms with E-state index in [9.17, 15) is 48.3 Å². The Morgan fingerprint density at radius 2 is 1.64 bits per heavy atom. The van der Waals surface area contributed by atoms with E-state index in [2.05, 4.69) is 37.2 Å². The van der Waals surface area contributed by atoms with Gasteiger partial charge in [-0.1, -0.05) is 56.2 Å². The fourth-order valence-electron chi connectivity index (χ4n) is 10.3. The van der Waals surface area contributed by atoms with E-state index in [1.165, 1.54) is 38.3 Å². The molecule has 0 unspecified atom stereocenters. The number of anilines is 3. The molecule has 0 aromatic heterocycles. The second-order valence-electron chi connectivity index (χ2n) is 22.5. The van der Waals surface area contributed by atoms with Crippen LogP contribution in [0.3, 0.4) is 0 Å². The molecule has 3 fully saturated rings. The van der Waals surface area contributed by atoms with Crippen molar-refractivity contribution in [3.05, 3.63) is 70.3 Å². The number of hydrogen-bond donors (Lipinski definition) is 9. The van der Waals surface area contributed by atoms with Crippen LogP contribution in [0.2, 0.25) is 5.02 Å². The minimum atomic E-state index is -1.90. The van der Waals surface area contributed by atoms with Gasteiger partial charge in [0.05, 0.1) is 58.2 Å². The van der Waals surface area contributed by atoms with Gasteiger partial charge in [0.1, 0.15) is 46.8 Å². The molecule has 9 amide bonds. The molecule has 28 nitrogen and oxygen atoms in total. The normalized spacial score (nSPS) is 24.3. The molecule has 0 radical (unpaired) electrons. The van der Waals surface area contributed by atoms with Crippen molar-refractivity contribution in [3.63, 3.8) is 0 Å². The first-order valence-corrected chi connectivity index (χ1v) is 29.8. The topological polar surface area (TPSA) is 368 Å². The highest BCUT2D eigenvalue weighted by Gasteiger charge is 2.64. The second-order valence-corrected chi connectivity index (χ2v) is 23.3. The molecule has 0 aliphatic carbocycles. The summed E-state index contributed by atoms with van der Waals surface area (Å²) in [5.41, 5.74) is 5.05. The van der Waals surface area contributed by atoms with Crippen molar-refractivity contribution >= 4 is 99.7 Å². The number of ether oxygens (including phenoxy) is 7. The maximum absolute atomic E-state index is 14.5. The summed E-state index contributed by atoms with van der Waals surface area (Å²) in [5, 5.41) is 32.0. The minimum Gasteiger partial charge on any atom is -0.495 e. The molecular formula is C59H81ClN10O18S. The number of hydrogen-bond acceptors (Lipinski definition) is 19. The Morgan fingerprint density at radius 1 is 0.933 bits per heavy atom. The van der Waals surface area contributed by atoms with Crippen LogP contribution in [-0.4, -0.2) is 178 Å². The number of aryl methyl sites for hydroxylation is 1. The first-order valence-electron chi connectivity index (χ1n) is 29.0. The number of imide groups is 1. The van der Waals surface area contributed by atoms with Gasteiger partial charge >= 0.3 is 24.2 Å².